The third-order valence-corrected chi connectivity index (χ3v) is 4.49. The van der Waals surface area contributed by atoms with Gasteiger partial charge in [-0.2, -0.15) is 0 Å². The molecule has 3 N–H and O–H groups in total. The summed E-state index contributed by atoms with van der Waals surface area (Å²) in [6, 6.07) is 6.11. The topological polar surface area (TPSA) is 91.3 Å². The first-order valence-electron chi connectivity index (χ1n) is 8.46. The SMILES string of the molecule is C1CCCCCC1.O=C(O)Nc1ccc(C(=O)Nc2nccs2)cc1. The molecule has 0 atom stereocenters. The number of anilines is 2. The monoisotopic (exact) mass is 361 g/mol. The Morgan fingerprint density at radius 1 is 0.920 bits per heavy atom. The number of thiazole rings is 1. The average Bonchev–Trinajstić information content (AvgIpc) is 2.92. The molecule has 2 amide bonds. The number of hydrogen-bond acceptors (Lipinski definition) is 4. The standard InChI is InChI=1S/C11H9N3O3S.C7H14/c15-9(14-10-12-5-6-18-10)7-1-3-8(4-2-7)13-11(16)17;1-2-4-6-7-5-3-1/h1-6,13H,(H,16,17)(H,12,14,15);1-7H2. The molecule has 1 fully saturated rings. The zero-order valence-corrected chi connectivity index (χ0v) is 14.8. The average molecular weight is 361 g/mol. The Hall–Kier alpha value is -2.41. The van der Waals surface area contributed by atoms with Crippen molar-refractivity contribution in [2.75, 3.05) is 10.6 Å². The van der Waals surface area contributed by atoms with Crippen LogP contribution >= 0.6 is 11.3 Å². The van der Waals surface area contributed by atoms with Crippen LogP contribution in [-0.2, 0) is 0 Å². The molecule has 1 aromatic carbocycles. The van der Waals surface area contributed by atoms with Gasteiger partial charge in [0, 0.05) is 22.8 Å². The predicted octanol–water partition coefficient (Wildman–Crippen LogP) is 5.22. The second-order valence-corrected chi connectivity index (χ2v) is 6.67. The molecular formula is C18H23N3O3S. The van der Waals surface area contributed by atoms with Crippen LogP contribution in [0.5, 0.6) is 0 Å². The first-order valence-corrected chi connectivity index (χ1v) is 9.34. The molecule has 0 bridgehead atoms. The van der Waals surface area contributed by atoms with Gasteiger partial charge in [-0.25, -0.2) is 9.78 Å². The molecule has 0 unspecified atom stereocenters. The molecule has 7 heteroatoms. The summed E-state index contributed by atoms with van der Waals surface area (Å²) in [6.45, 7) is 0. The fourth-order valence-electron chi connectivity index (χ4n) is 2.52. The third kappa shape index (κ3) is 7.34. The van der Waals surface area contributed by atoms with E-state index in [1.54, 1.807) is 11.6 Å². The summed E-state index contributed by atoms with van der Waals surface area (Å²) in [5.74, 6) is -0.285. The van der Waals surface area contributed by atoms with Crippen molar-refractivity contribution in [3.8, 4) is 0 Å². The van der Waals surface area contributed by atoms with Crippen molar-refractivity contribution in [1.82, 2.24) is 4.98 Å². The third-order valence-electron chi connectivity index (χ3n) is 3.80. The molecule has 0 spiro atoms. The Morgan fingerprint density at radius 2 is 1.48 bits per heavy atom. The van der Waals surface area contributed by atoms with Crippen LogP contribution in [0.4, 0.5) is 15.6 Å². The van der Waals surface area contributed by atoms with Crippen LogP contribution in [0, 0.1) is 0 Å². The molecule has 0 aliphatic heterocycles. The molecule has 1 saturated carbocycles. The number of carboxylic acid groups (broad SMARTS) is 1. The first kappa shape index (κ1) is 18.9. The van der Waals surface area contributed by atoms with Crippen LogP contribution in [0.15, 0.2) is 35.8 Å². The summed E-state index contributed by atoms with van der Waals surface area (Å²) in [5.41, 5.74) is 0.842. The lowest BCUT2D eigenvalue weighted by molar-refractivity contribution is 0.102. The maximum Gasteiger partial charge on any atom is 0.409 e. The van der Waals surface area contributed by atoms with E-state index in [2.05, 4.69) is 15.6 Å². The summed E-state index contributed by atoms with van der Waals surface area (Å²) in [7, 11) is 0. The highest BCUT2D eigenvalue weighted by Gasteiger charge is 2.07. The number of hydrogen-bond donors (Lipinski definition) is 3. The van der Waals surface area contributed by atoms with E-state index < -0.39 is 6.09 Å². The lowest BCUT2D eigenvalue weighted by Gasteiger charge is -2.03. The zero-order chi connectivity index (χ0) is 17.9. The largest absolute Gasteiger partial charge is 0.465 e. The van der Waals surface area contributed by atoms with Crippen molar-refractivity contribution in [2.24, 2.45) is 0 Å². The molecule has 6 nitrogen and oxygen atoms in total. The maximum absolute atomic E-state index is 11.8. The van der Waals surface area contributed by atoms with E-state index in [-0.39, 0.29) is 5.91 Å². The van der Waals surface area contributed by atoms with E-state index in [9.17, 15) is 9.59 Å². The van der Waals surface area contributed by atoms with Crippen LogP contribution in [0.2, 0.25) is 0 Å². The molecule has 25 heavy (non-hydrogen) atoms. The van der Waals surface area contributed by atoms with E-state index in [4.69, 9.17) is 5.11 Å². The second-order valence-electron chi connectivity index (χ2n) is 5.77. The molecular weight excluding hydrogens is 338 g/mol. The molecule has 1 heterocycles. The van der Waals surface area contributed by atoms with Gasteiger partial charge < -0.3 is 5.11 Å². The Labute approximate surface area is 151 Å². The number of carbonyl (C=O) groups excluding carboxylic acids is 1. The van der Waals surface area contributed by atoms with E-state index in [0.29, 0.717) is 16.4 Å². The molecule has 134 valence electrons. The van der Waals surface area contributed by atoms with Crippen molar-refractivity contribution < 1.29 is 14.7 Å². The van der Waals surface area contributed by atoms with E-state index in [1.165, 1.54) is 80.5 Å². The molecule has 1 aliphatic carbocycles. The summed E-state index contributed by atoms with van der Waals surface area (Å²) in [6.07, 6.45) is 11.0. The van der Waals surface area contributed by atoms with Crippen LogP contribution in [0.1, 0.15) is 55.3 Å². The predicted molar refractivity (Wildman–Crippen MR) is 100 cm³/mol. The van der Waals surface area contributed by atoms with Crippen LogP contribution in [0.25, 0.3) is 0 Å². The highest BCUT2D eigenvalue weighted by molar-refractivity contribution is 7.13. The van der Waals surface area contributed by atoms with Crippen molar-refractivity contribution >= 4 is 34.2 Å². The minimum Gasteiger partial charge on any atom is -0.465 e. The zero-order valence-electron chi connectivity index (χ0n) is 14.0. The van der Waals surface area contributed by atoms with Crippen molar-refractivity contribution in [3.63, 3.8) is 0 Å². The number of aromatic nitrogens is 1. The smallest absolute Gasteiger partial charge is 0.409 e. The molecule has 2 aromatic rings. The number of benzene rings is 1. The Balaban J connectivity index is 0.000000269. The maximum atomic E-state index is 11.8. The number of rotatable bonds is 3. The van der Waals surface area contributed by atoms with Crippen molar-refractivity contribution in [2.45, 2.75) is 44.9 Å². The lowest BCUT2D eigenvalue weighted by atomic mass is 10.2. The summed E-state index contributed by atoms with van der Waals surface area (Å²) >= 11 is 1.32. The number of amides is 2. The van der Waals surface area contributed by atoms with Gasteiger partial charge in [-0.05, 0) is 24.3 Å². The first-order chi connectivity index (χ1) is 12.1. The van der Waals surface area contributed by atoms with E-state index >= 15 is 0 Å². The van der Waals surface area contributed by atoms with Crippen molar-refractivity contribution in [3.05, 3.63) is 41.4 Å². The van der Waals surface area contributed by atoms with Gasteiger partial charge in [0.2, 0.25) is 0 Å². The van der Waals surface area contributed by atoms with Gasteiger partial charge in [-0.1, -0.05) is 44.9 Å². The van der Waals surface area contributed by atoms with Crippen LogP contribution < -0.4 is 10.6 Å². The van der Waals surface area contributed by atoms with E-state index in [0.717, 1.165) is 0 Å². The van der Waals surface area contributed by atoms with Crippen LogP contribution in [-0.4, -0.2) is 22.1 Å². The van der Waals surface area contributed by atoms with Gasteiger partial charge >= 0.3 is 6.09 Å². The minimum atomic E-state index is -1.14. The minimum absolute atomic E-state index is 0.285. The van der Waals surface area contributed by atoms with Gasteiger partial charge in [0.1, 0.15) is 0 Å². The second kappa shape index (κ2) is 10.5. The van der Waals surface area contributed by atoms with Gasteiger partial charge in [0.15, 0.2) is 5.13 Å². The van der Waals surface area contributed by atoms with Crippen LogP contribution in [0.3, 0.4) is 0 Å². The molecule has 1 aliphatic rings. The normalized spacial score (nSPS) is 13.8. The molecule has 3 rings (SSSR count). The molecule has 1 aromatic heterocycles. The Bertz CT molecular complexity index is 637. The number of nitrogens with zero attached hydrogens (tertiary/aromatic N) is 1. The van der Waals surface area contributed by atoms with E-state index in [1.807, 2.05) is 0 Å². The van der Waals surface area contributed by atoms with Gasteiger partial charge in [-0.15, -0.1) is 11.3 Å². The Kier molecular flexibility index (Phi) is 7.91. The van der Waals surface area contributed by atoms with Crippen molar-refractivity contribution in [1.29, 1.82) is 0 Å². The summed E-state index contributed by atoms with van der Waals surface area (Å²) in [4.78, 5) is 26.1. The van der Waals surface area contributed by atoms with Gasteiger partial charge in [-0.3, -0.25) is 15.4 Å². The van der Waals surface area contributed by atoms with Gasteiger partial charge in [0.25, 0.3) is 5.91 Å². The fourth-order valence-corrected chi connectivity index (χ4v) is 3.04. The molecule has 0 radical (unpaired) electrons. The number of carbonyl (C=O) groups is 2. The summed E-state index contributed by atoms with van der Waals surface area (Å²) < 4.78 is 0. The highest BCUT2D eigenvalue weighted by atomic mass is 32.1. The number of nitrogens with one attached hydrogen (secondary N) is 2. The van der Waals surface area contributed by atoms with Gasteiger partial charge in [0.05, 0.1) is 0 Å². The molecule has 0 saturated heterocycles. The summed E-state index contributed by atoms with van der Waals surface area (Å²) in [5, 5.41) is 15.6. The Morgan fingerprint density at radius 3 is 1.92 bits per heavy atom. The highest BCUT2D eigenvalue weighted by Crippen LogP contribution is 2.15. The quantitative estimate of drug-likeness (QED) is 0.654. The fraction of sp³-hybridized carbons (Fsp3) is 0.389. The lowest BCUT2D eigenvalue weighted by Crippen LogP contribution is -2.12.